The van der Waals surface area contributed by atoms with Crippen LogP contribution in [-0.4, -0.2) is 89.7 Å². The summed E-state index contributed by atoms with van der Waals surface area (Å²) < 4.78 is 0. The minimum absolute atomic E-state index is 0.638. The van der Waals surface area contributed by atoms with Crippen LogP contribution in [0.5, 0.6) is 0 Å². The SMILES string of the molecule is CC(C)N(CCN1CCN(CCN(C(C)C)C(C)C)C1)C(C)C. The van der Waals surface area contributed by atoms with Crippen LogP contribution in [0.2, 0.25) is 0 Å². The van der Waals surface area contributed by atoms with Gasteiger partial charge in [0.05, 0.1) is 6.67 Å². The van der Waals surface area contributed by atoms with Gasteiger partial charge in [0.1, 0.15) is 0 Å². The van der Waals surface area contributed by atoms with Crippen LogP contribution >= 0.6 is 0 Å². The van der Waals surface area contributed by atoms with E-state index in [1.54, 1.807) is 0 Å². The molecule has 0 spiro atoms. The molecule has 0 amide bonds. The van der Waals surface area contributed by atoms with Crippen LogP contribution in [0, 0.1) is 0 Å². The van der Waals surface area contributed by atoms with E-state index in [1.807, 2.05) is 0 Å². The molecule has 1 heterocycles. The molecule has 1 aliphatic heterocycles. The Kier molecular flexibility index (Phi) is 9.06. The first-order valence-electron chi connectivity index (χ1n) is 9.68. The third-order valence-electron chi connectivity index (χ3n) is 5.13. The van der Waals surface area contributed by atoms with Gasteiger partial charge >= 0.3 is 0 Å². The molecule has 0 atom stereocenters. The van der Waals surface area contributed by atoms with Crippen molar-refractivity contribution in [2.24, 2.45) is 0 Å². The van der Waals surface area contributed by atoms with Crippen molar-refractivity contribution in [3.05, 3.63) is 0 Å². The zero-order valence-electron chi connectivity index (χ0n) is 17.0. The summed E-state index contributed by atoms with van der Waals surface area (Å²) in [5, 5.41) is 0. The van der Waals surface area contributed by atoms with E-state index in [9.17, 15) is 0 Å². The highest BCUT2D eigenvalue weighted by molar-refractivity contribution is 4.77. The van der Waals surface area contributed by atoms with Gasteiger partial charge in [-0.05, 0) is 55.4 Å². The van der Waals surface area contributed by atoms with Gasteiger partial charge in [-0.2, -0.15) is 0 Å². The maximum absolute atomic E-state index is 2.62. The second-order valence-electron chi connectivity index (χ2n) is 8.23. The third kappa shape index (κ3) is 7.08. The van der Waals surface area contributed by atoms with Crippen molar-refractivity contribution in [1.82, 2.24) is 19.6 Å². The molecular weight excluding hydrogens is 284 g/mol. The number of nitrogens with zero attached hydrogens (tertiary/aromatic N) is 4. The number of hydrogen-bond acceptors (Lipinski definition) is 4. The summed E-state index contributed by atoms with van der Waals surface area (Å²) in [4.78, 5) is 10.4. The lowest BCUT2D eigenvalue weighted by Gasteiger charge is -2.33. The average Bonchev–Trinajstić information content (AvgIpc) is 2.85. The molecule has 1 rings (SSSR count). The van der Waals surface area contributed by atoms with E-state index in [2.05, 4.69) is 75.0 Å². The molecule has 0 radical (unpaired) electrons. The first-order chi connectivity index (χ1) is 10.7. The molecule has 0 aliphatic carbocycles. The number of rotatable bonds is 10. The maximum Gasteiger partial charge on any atom is 0.0508 e. The highest BCUT2D eigenvalue weighted by Gasteiger charge is 2.22. The standard InChI is InChI=1S/C19H42N4/c1-16(2)22(17(3)4)13-11-20-9-10-21(15-20)12-14-23(18(5)6)19(7)8/h16-19H,9-15H2,1-8H3. The topological polar surface area (TPSA) is 13.0 Å². The van der Waals surface area contributed by atoms with E-state index in [-0.39, 0.29) is 0 Å². The molecule has 0 unspecified atom stereocenters. The molecule has 0 saturated carbocycles. The van der Waals surface area contributed by atoms with Crippen LogP contribution in [0.25, 0.3) is 0 Å². The summed E-state index contributed by atoms with van der Waals surface area (Å²) in [6.07, 6.45) is 0. The Morgan fingerprint density at radius 1 is 0.609 bits per heavy atom. The fourth-order valence-electron chi connectivity index (χ4n) is 3.81. The van der Waals surface area contributed by atoms with Gasteiger partial charge in [-0.25, -0.2) is 0 Å². The predicted molar refractivity (Wildman–Crippen MR) is 102 cm³/mol. The minimum Gasteiger partial charge on any atom is -0.297 e. The van der Waals surface area contributed by atoms with Crippen molar-refractivity contribution in [1.29, 1.82) is 0 Å². The van der Waals surface area contributed by atoms with Crippen molar-refractivity contribution in [2.75, 3.05) is 45.9 Å². The van der Waals surface area contributed by atoms with Crippen molar-refractivity contribution in [2.45, 2.75) is 79.6 Å². The summed E-state index contributed by atoms with van der Waals surface area (Å²) in [6.45, 7) is 26.8. The summed E-state index contributed by atoms with van der Waals surface area (Å²) in [7, 11) is 0. The second-order valence-corrected chi connectivity index (χ2v) is 8.23. The Balaban J connectivity index is 2.32. The van der Waals surface area contributed by atoms with Gasteiger partial charge in [-0.1, -0.05) is 0 Å². The van der Waals surface area contributed by atoms with Gasteiger partial charge in [0.2, 0.25) is 0 Å². The Morgan fingerprint density at radius 2 is 0.913 bits per heavy atom. The number of hydrogen-bond donors (Lipinski definition) is 0. The first-order valence-corrected chi connectivity index (χ1v) is 9.68. The normalized spacial score (nSPS) is 18.0. The zero-order valence-corrected chi connectivity index (χ0v) is 17.0. The molecule has 4 heteroatoms. The smallest absolute Gasteiger partial charge is 0.0508 e. The van der Waals surface area contributed by atoms with Crippen molar-refractivity contribution >= 4 is 0 Å². The Hall–Kier alpha value is -0.160. The molecule has 0 N–H and O–H groups in total. The fraction of sp³-hybridized carbons (Fsp3) is 1.00. The molecular formula is C19H42N4. The quantitative estimate of drug-likeness (QED) is 0.612. The molecule has 1 fully saturated rings. The van der Waals surface area contributed by atoms with Gasteiger partial charge in [0.25, 0.3) is 0 Å². The van der Waals surface area contributed by atoms with Crippen molar-refractivity contribution < 1.29 is 0 Å². The van der Waals surface area contributed by atoms with Crippen LogP contribution in [0.1, 0.15) is 55.4 Å². The van der Waals surface area contributed by atoms with Crippen LogP contribution in [-0.2, 0) is 0 Å². The highest BCUT2D eigenvalue weighted by atomic mass is 15.4. The summed E-state index contributed by atoms with van der Waals surface area (Å²) in [6, 6.07) is 2.55. The van der Waals surface area contributed by atoms with E-state index in [4.69, 9.17) is 0 Å². The molecule has 0 aromatic heterocycles. The van der Waals surface area contributed by atoms with Gasteiger partial charge in [-0.3, -0.25) is 19.6 Å². The van der Waals surface area contributed by atoms with Crippen molar-refractivity contribution in [3.63, 3.8) is 0 Å². The van der Waals surface area contributed by atoms with E-state index in [0.29, 0.717) is 24.2 Å². The molecule has 23 heavy (non-hydrogen) atoms. The Morgan fingerprint density at radius 3 is 1.17 bits per heavy atom. The first kappa shape index (κ1) is 20.9. The monoisotopic (exact) mass is 326 g/mol. The average molecular weight is 327 g/mol. The van der Waals surface area contributed by atoms with E-state index < -0.39 is 0 Å². The predicted octanol–water partition coefficient (Wildman–Crippen LogP) is 2.80. The van der Waals surface area contributed by atoms with Crippen LogP contribution in [0.15, 0.2) is 0 Å². The zero-order chi connectivity index (χ0) is 17.6. The molecule has 0 aromatic carbocycles. The van der Waals surface area contributed by atoms with Crippen LogP contribution < -0.4 is 0 Å². The second kappa shape index (κ2) is 9.97. The molecule has 4 nitrogen and oxygen atoms in total. The van der Waals surface area contributed by atoms with Gasteiger partial charge in [0, 0.05) is 63.4 Å². The largest absolute Gasteiger partial charge is 0.297 e. The molecule has 0 bridgehead atoms. The van der Waals surface area contributed by atoms with Gasteiger partial charge in [-0.15, -0.1) is 0 Å². The maximum atomic E-state index is 2.62. The lowest BCUT2D eigenvalue weighted by atomic mass is 10.2. The molecule has 1 saturated heterocycles. The Bertz CT molecular complexity index is 268. The summed E-state index contributed by atoms with van der Waals surface area (Å²) in [5.74, 6) is 0. The van der Waals surface area contributed by atoms with Gasteiger partial charge in [0.15, 0.2) is 0 Å². The third-order valence-corrected chi connectivity index (χ3v) is 5.13. The van der Waals surface area contributed by atoms with E-state index >= 15 is 0 Å². The molecule has 138 valence electrons. The van der Waals surface area contributed by atoms with Crippen molar-refractivity contribution in [3.8, 4) is 0 Å². The summed E-state index contributed by atoms with van der Waals surface area (Å²) >= 11 is 0. The highest BCUT2D eigenvalue weighted by Crippen LogP contribution is 2.10. The van der Waals surface area contributed by atoms with E-state index in [1.165, 1.54) is 39.3 Å². The van der Waals surface area contributed by atoms with E-state index in [0.717, 1.165) is 6.67 Å². The van der Waals surface area contributed by atoms with Crippen LogP contribution in [0.4, 0.5) is 0 Å². The van der Waals surface area contributed by atoms with Gasteiger partial charge < -0.3 is 0 Å². The van der Waals surface area contributed by atoms with Crippen LogP contribution in [0.3, 0.4) is 0 Å². The molecule has 1 aliphatic rings. The fourth-order valence-corrected chi connectivity index (χ4v) is 3.81. The lowest BCUT2D eigenvalue weighted by molar-refractivity contribution is 0.130. The Labute approximate surface area is 145 Å². The minimum atomic E-state index is 0.638. The molecule has 0 aromatic rings. The summed E-state index contributed by atoms with van der Waals surface area (Å²) in [5.41, 5.74) is 0. The lowest BCUT2D eigenvalue weighted by Crippen LogP contribution is -2.43.